The third-order valence-corrected chi connectivity index (χ3v) is 8.20. The first-order chi connectivity index (χ1) is 27.8. The van der Waals surface area contributed by atoms with Crippen LogP contribution < -0.4 is 0 Å². The van der Waals surface area contributed by atoms with Crippen molar-refractivity contribution >= 4 is 42.0 Å². The number of halogens is 6. The minimum absolute atomic E-state index is 0. The maximum atomic E-state index is 10.7. The van der Waals surface area contributed by atoms with E-state index < -0.39 is 31.3 Å². The molecule has 0 spiro atoms. The van der Waals surface area contributed by atoms with E-state index in [1.165, 1.54) is 16.3 Å². The minimum Gasteiger partial charge on any atom is -0.741 e. The third-order valence-electron chi connectivity index (χ3n) is 7.07. The van der Waals surface area contributed by atoms with Crippen LogP contribution in [0.2, 0.25) is 0 Å². The molecule has 0 aliphatic heterocycles. The number of aromatic nitrogens is 7. The topological polar surface area (TPSA) is 208 Å². The first kappa shape index (κ1) is 48.3. The Morgan fingerprint density at radius 1 is 0.433 bits per heavy atom. The van der Waals surface area contributed by atoms with Gasteiger partial charge in [0.1, 0.15) is 0 Å². The summed E-state index contributed by atoms with van der Waals surface area (Å²) in [6, 6.07) is 39.4. The van der Waals surface area contributed by atoms with E-state index in [1.807, 2.05) is 116 Å². The SMILES string of the molecule is O=S(=O)([O-])C(F)(F)F.O=S(=O)([O-])C(F)(F)F.[Ru+2].c1ccc(-c2cccc(-c3ccccn3)n2)nc1.c1ccc(-c2ccccn2)nc1.c1ccc2c(c1)[nH]c1cnccc12. The normalized spacial score (nSPS) is 11.1. The maximum Gasteiger partial charge on any atom is 2.00 e. The third kappa shape index (κ3) is 14.6. The second kappa shape index (κ2) is 21.8. The van der Waals surface area contributed by atoms with Gasteiger partial charge in [-0.1, -0.05) is 48.5 Å². The van der Waals surface area contributed by atoms with Crippen LogP contribution in [0.15, 0.2) is 159 Å². The number of hydrogen-bond acceptors (Lipinski definition) is 12. The summed E-state index contributed by atoms with van der Waals surface area (Å²) in [5.41, 5.74) is -3.73. The number of nitrogens with one attached hydrogen (secondary N) is 1. The molecule has 0 unspecified atom stereocenters. The van der Waals surface area contributed by atoms with Gasteiger partial charge in [-0.3, -0.25) is 24.9 Å². The van der Waals surface area contributed by atoms with Crippen LogP contribution in [0.4, 0.5) is 26.3 Å². The van der Waals surface area contributed by atoms with E-state index in [4.69, 9.17) is 25.9 Å². The zero-order valence-electron chi connectivity index (χ0n) is 30.1. The average molecular weight is 957 g/mol. The molecular weight excluding hydrogens is 930 g/mol. The quantitative estimate of drug-likeness (QED) is 0.0770. The number of fused-ring (bicyclic) bond motifs is 3. The number of pyridine rings is 6. The van der Waals surface area contributed by atoms with Crippen molar-refractivity contribution in [1.29, 1.82) is 0 Å². The van der Waals surface area contributed by atoms with Gasteiger partial charge in [0, 0.05) is 47.3 Å². The number of nitrogens with zero attached hydrogens (tertiary/aromatic N) is 6. The summed E-state index contributed by atoms with van der Waals surface area (Å²) >= 11 is 0. The molecule has 0 saturated carbocycles. The van der Waals surface area contributed by atoms with E-state index in [0.29, 0.717) is 0 Å². The van der Waals surface area contributed by atoms with Crippen molar-refractivity contribution in [2.24, 2.45) is 0 Å². The van der Waals surface area contributed by atoms with E-state index >= 15 is 0 Å². The molecule has 22 heteroatoms. The fourth-order valence-electron chi connectivity index (χ4n) is 4.48. The first-order valence-electron chi connectivity index (χ1n) is 16.3. The summed E-state index contributed by atoms with van der Waals surface area (Å²) in [5, 5.41) is 2.51. The average Bonchev–Trinajstić information content (AvgIpc) is 3.61. The standard InChI is InChI=1S/C15H11N3.C11H8N2.C10H8N2.2CHF3O3S.Ru/c1-3-10-16-12(6-1)14-8-5-9-15(18-14)13-7-2-4-11-17-13;1-2-4-10-8(3-1)9-5-6-12-7-11(9)13-10;1-3-7-11-9(5-1)10-6-2-4-8-12-10;2*2-1(3,4)8(5,6)7;/h1-11H;1-7,13H;1-8H;2*(H,5,6,7);/q;;;;;+2/p-2. The maximum absolute atomic E-state index is 10.7. The fourth-order valence-corrected chi connectivity index (χ4v) is 4.48. The molecule has 0 bridgehead atoms. The summed E-state index contributed by atoms with van der Waals surface area (Å²) in [4.78, 5) is 29.0. The fraction of sp³-hybridized carbons (Fsp3) is 0.0526. The molecule has 0 amide bonds. The van der Waals surface area contributed by atoms with Crippen LogP contribution >= 0.6 is 0 Å². The Balaban J connectivity index is 0.000000207. The number of para-hydroxylation sites is 1. The summed E-state index contributed by atoms with van der Waals surface area (Å²) in [5.74, 6) is 0. The Hall–Kier alpha value is -6.06. The molecular formula is C38H27F6N7O6RuS2. The molecule has 60 heavy (non-hydrogen) atoms. The van der Waals surface area contributed by atoms with Crippen LogP contribution in [-0.2, 0) is 39.7 Å². The molecule has 312 valence electrons. The van der Waals surface area contributed by atoms with Gasteiger partial charge in [-0.25, -0.2) is 21.8 Å². The van der Waals surface area contributed by atoms with Crippen LogP contribution in [-0.4, -0.2) is 71.8 Å². The predicted molar refractivity (Wildman–Crippen MR) is 203 cm³/mol. The number of hydrogen-bond donors (Lipinski definition) is 1. The van der Waals surface area contributed by atoms with Gasteiger partial charge >= 0.3 is 30.5 Å². The predicted octanol–water partition coefficient (Wildman–Crippen LogP) is 8.17. The van der Waals surface area contributed by atoms with Crippen molar-refractivity contribution in [3.05, 3.63) is 159 Å². The van der Waals surface area contributed by atoms with Gasteiger partial charge < -0.3 is 14.1 Å². The smallest absolute Gasteiger partial charge is 0.741 e. The molecule has 7 heterocycles. The van der Waals surface area contributed by atoms with E-state index in [-0.39, 0.29) is 19.5 Å². The Morgan fingerprint density at radius 2 is 0.767 bits per heavy atom. The van der Waals surface area contributed by atoms with Crippen LogP contribution in [0.3, 0.4) is 0 Å². The van der Waals surface area contributed by atoms with Crippen molar-refractivity contribution in [3.63, 3.8) is 0 Å². The molecule has 0 atom stereocenters. The molecule has 13 nitrogen and oxygen atoms in total. The van der Waals surface area contributed by atoms with Gasteiger partial charge in [-0.15, -0.1) is 0 Å². The van der Waals surface area contributed by atoms with E-state index in [2.05, 4.69) is 53.1 Å². The minimum atomic E-state index is -6.09. The van der Waals surface area contributed by atoms with Gasteiger partial charge in [0.15, 0.2) is 20.2 Å². The van der Waals surface area contributed by atoms with Crippen LogP contribution in [0, 0.1) is 0 Å². The largest absolute Gasteiger partial charge is 2.00 e. The Morgan fingerprint density at radius 3 is 1.13 bits per heavy atom. The zero-order chi connectivity index (χ0) is 43.1. The zero-order valence-corrected chi connectivity index (χ0v) is 33.5. The molecule has 0 aliphatic rings. The van der Waals surface area contributed by atoms with E-state index in [0.717, 1.165) is 39.7 Å². The van der Waals surface area contributed by atoms with Gasteiger partial charge in [-0.2, -0.15) is 26.3 Å². The molecule has 8 rings (SSSR count). The van der Waals surface area contributed by atoms with Crippen molar-refractivity contribution in [2.45, 2.75) is 11.0 Å². The van der Waals surface area contributed by atoms with Crippen molar-refractivity contribution in [3.8, 4) is 34.2 Å². The van der Waals surface area contributed by atoms with Crippen LogP contribution in [0.5, 0.6) is 0 Å². The molecule has 0 fully saturated rings. The molecule has 1 N–H and O–H groups in total. The van der Waals surface area contributed by atoms with Crippen molar-refractivity contribution < 1.29 is 71.8 Å². The van der Waals surface area contributed by atoms with Gasteiger partial charge in [-0.05, 0) is 72.8 Å². The number of benzene rings is 1. The number of H-pyrrole nitrogens is 1. The Bertz CT molecular complexity index is 2570. The monoisotopic (exact) mass is 957 g/mol. The van der Waals surface area contributed by atoms with Crippen molar-refractivity contribution in [1.82, 2.24) is 34.9 Å². The van der Waals surface area contributed by atoms with Gasteiger partial charge in [0.2, 0.25) is 0 Å². The number of aromatic amines is 1. The summed E-state index contributed by atoms with van der Waals surface area (Å²) in [6.07, 6.45) is 10.8. The van der Waals surface area contributed by atoms with E-state index in [1.54, 1.807) is 24.8 Å². The number of alkyl halides is 6. The molecule has 7 aromatic heterocycles. The summed E-state index contributed by atoms with van der Waals surface area (Å²) < 4.78 is 118. The molecule has 0 aliphatic carbocycles. The Kier molecular flexibility index (Phi) is 17.6. The van der Waals surface area contributed by atoms with Gasteiger partial charge in [0.05, 0.1) is 45.9 Å². The van der Waals surface area contributed by atoms with Crippen LogP contribution in [0.1, 0.15) is 0 Å². The molecule has 0 saturated heterocycles. The second-order valence-electron chi connectivity index (χ2n) is 11.2. The Labute approximate surface area is 350 Å². The molecule has 1 aromatic carbocycles. The number of rotatable bonds is 3. The van der Waals surface area contributed by atoms with Crippen LogP contribution in [0.25, 0.3) is 56.0 Å². The molecule has 0 radical (unpaired) electrons. The second-order valence-corrected chi connectivity index (χ2v) is 13.9. The summed E-state index contributed by atoms with van der Waals surface area (Å²) in [7, 11) is -12.2. The summed E-state index contributed by atoms with van der Waals surface area (Å²) in [6.45, 7) is 0. The van der Waals surface area contributed by atoms with Crippen molar-refractivity contribution in [2.75, 3.05) is 0 Å². The molecule has 8 aromatic rings. The van der Waals surface area contributed by atoms with Gasteiger partial charge in [0.25, 0.3) is 0 Å². The van der Waals surface area contributed by atoms with E-state index in [9.17, 15) is 26.3 Å². The first-order valence-corrected chi connectivity index (χ1v) is 19.1.